The first kappa shape index (κ1) is 23.4. The Morgan fingerprint density at radius 1 is 1.14 bits per heavy atom. The number of carboxylic acid groups (broad SMARTS) is 1. The number of amides is 1. The Morgan fingerprint density at radius 2 is 1.89 bits per heavy atom. The molecule has 3 heterocycles. The van der Waals surface area contributed by atoms with Crippen molar-refractivity contribution in [3.63, 3.8) is 0 Å². The van der Waals surface area contributed by atoms with Crippen molar-refractivity contribution in [3.05, 3.63) is 77.5 Å². The number of aromatic amines is 1. The van der Waals surface area contributed by atoms with E-state index in [0.717, 1.165) is 23.2 Å². The van der Waals surface area contributed by atoms with Crippen LogP contribution in [0.4, 0.5) is 13.2 Å². The quantitative estimate of drug-likeness (QED) is 0.352. The average molecular weight is 495 g/mol. The van der Waals surface area contributed by atoms with Crippen molar-refractivity contribution in [2.24, 2.45) is 0 Å². The van der Waals surface area contributed by atoms with E-state index in [9.17, 15) is 22.8 Å². The van der Waals surface area contributed by atoms with Crippen molar-refractivity contribution >= 4 is 22.8 Å². The predicted octanol–water partition coefficient (Wildman–Crippen LogP) is 6.03. The highest BCUT2D eigenvalue weighted by atomic mass is 19.4. The number of carbonyl (C=O) groups is 2. The first-order valence-electron chi connectivity index (χ1n) is 11.1. The Balaban J connectivity index is 1.55. The van der Waals surface area contributed by atoms with Crippen molar-refractivity contribution in [2.75, 3.05) is 7.05 Å². The Bertz CT molecular complexity index is 1460. The van der Waals surface area contributed by atoms with Crippen LogP contribution >= 0.6 is 0 Å². The zero-order valence-corrected chi connectivity index (χ0v) is 19.0. The molecule has 0 spiro atoms. The minimum Gasteiger partial charge on any atom is -0.478 e. The van der Waals surface area contributed by atoms with E-state index in [1.807, 2.05) is 6.07 Å². The molecule has 1 fully saturated rings. The summed E-state index contributed by atoms with van der Waals surface area (Å²) in [6.45, 7) is 0. The maximum Gasteiger partial charge on any atom is 0.417 e. The summed E-state index contributed by atoms with van der Waals surface area (Å²) in [5.41, 5.74) is 1.64. The molecule has 0 saturated carbocycles. The maximum atomic E-state index is 12.9. The highest BCUT2D eigenvalue weighted by molar-refractivity contribution is 5.89. The van der Waals surface area contributed by atoms with E-state index >= 15 is 0 Å². The van der Waals surface area contributed by atoms with Crippen LogP contribution in [-0.2, 0) is 11.0 Å². The van der Waals surface area contributed by atoms with Crippen LogP contribution in [0.15, 0.2) is 60.8 Å². The van der Waals surface area contributed by atoms with E-state index in [1.54, 1.807) is 36.2 Å². The van der Waals surface area contributed by atoms with Gasteiger partial charge in [-0.05, 0) is 61.0 Å². The van der Waals surface area contributed by atoms with E-state index in [1.165, 1.54) is 18.2 Å². The number of nitrogens with one attached hydrogen (secondary N) is 1. The standard InChI is InChI=1S/C26H20F3N3O4/c1-32-22(8-9-24(32)33)18-12-20-15(11-23(18)36-17-5-2-14(3-6-17)25(34)35)10-21(31-20)19-7-4-16(13-30-19)26(27,28)29/h2-7,10-13,22,31H,8-9H2,1H3,(H,34,35). The number of likely N-dealkylation sites (tertiary alicyclic amines) is 1. The molecule has 5 rings (SSSR count). The summed E-state index contributed by atoms with van der Waals surface area (Å²) < 4.78 is 44.9. The van der Waals surface area contributed by atoms with Crippen molar-refractivity contribution in [1.82, 2.24) is 14.9 Å². The Hall–Kier alpha value is -4.34. The molecule has 0 radical (unpaired) electrons. The van der Waals surface area contributed by atoms with E-state index in [0.29, 0.717) is 41.2 Å². The van der Waals surface area contributed by atoms with E-state index in [4.69, 9.17) is 9.84 Å². The van der Waals surface area contributed by atoms with Crippen LogP contribution in [0.2, 0.25) is 0 Å². The molecule has 1 atom stereocenters. The number of hydrogen-bond acceptors (Lipinski definition) is 4. The van der Waals surface area contributed by atoms with Crippen LogP contribution in [0.25, 0.3) is 22.3 Å². The summed E-state index contributed by atoms with van der Waals surface area (Å²) >= 11 is 0. The number of hydrogen-bond donors (Lipinski definition) is 2. The number of aromatic nitrogens is 2. The number of ether oxygens (including phenoxy) is 1. The molecule has 0 aliphatic carbocycles. The van der Waals surface area contributed by atoms with Crippen LogP contribution in [0.1, 0.15) is 40.4 Å². The third kappa shape index (κ3) is 4.37. The number of nitrogens with zero attached hydrogens (tertiary/aromatic N) is 2. The summed E-state index contributed by atoms with van der Waals surface area (Å²) in [6.07, 6.45) is -2.68. The Morgan fingerprint density at radius 3 is 2.47 bits per heavy atom. The molecule has 4 aromatic rings. The molecule has 1 amide bonds. The fourth-order valence-corrected chi connectivity index (χ4v) is 4.34. The number of rotatable bonds is 5. The normalized spacial score (nSPS) is 16.1. The molecule has 7 nitrogen and oxygen atoms in total. The van der Waals surface area contributed by atoms with E-state index in [2.05, 4.69) is 9.97 Å². The number of carbonyl (C=O) groups excluding carboxylic acids is 1. The molecule has 1 aliphatic rings. The smallest absolute Gasteiger partial charge is 0.417 e. The number of benzene rings is 2. The lowest BCUT2D eigenvalue weighted by molar-refractivity contribution is -0.137. The Labute approximate surface area is 203 Å². The van der Waals surface area contributed by atoms with Gasteiger partial charge in [-0.3, -0.25) is 9.78 Å². The number of carboxylic acids is 1. The van der Waals surface area contributed by atoms with Crippen LogP contribution in [-0.4, -0.2) is 38.9 Å². The van der Waals surface area contributed by atoms with Gasteiger partial charge in [0.2, 0.25) is 5.91 Å². The molecule has 36 heavy (non-hydrogen) atoms. The first-order valence-corrected chi connectivity index (χ1v) is 11.1. The SMILES string of the molecule is CN1C(=O)CCC1c1cc2[nH]c(-c3ccc(C(F)(F)F)cn3)cc2cc1Oc1ccc(C(=O)O)cc1. The van der Waals surface area contributed by atoms with E-state index in [-0.39, 0.29) is 17.5 Å². The predicted molar refractivity (Wildman–Crippen MR) is 125 cm³/mol. The first-order chi connectivity index (χ1) is 17.1. The second-order valence-corrected chi connectivity index (χ2v) is 8.58. The zero-order valence-electron chi connectivity index (χ0n) is 19.0. The molecule has 184 valence electrons. The molecular weight excluding hydrogens is 475 g/mol. The summed E-state index contributed by atoms with van der Waals surface area (Å²) in [6, 6.07) is 13.4. The molecule has 2 N–H and O–H groups in total. The summed E-state index contributed by atoms with van der Waals surface area (Å²) in [7, 11) is 1.72. The van der Waals surface area contributed by atoms with Gasteiger partial charge >= 0.3 is 12.1 Å². The van der Waals surface area contributed by atoms with Crippen LogP contribution in [0.3, 0.4) is 0 Å². The van der Waals surface area contributed by atoms with Crippen molar-refractivity contribution in [2.45, 2.75) is 25.1 Å². The monoisotopic (exact) mass is 495 g/mol. The largest absolute Gasteiger partial charge is 0.478 e. The van der Waals surface area contributed by atoms with Crippen LogP contribution in [0, 0.1) is 0 Å². The van der Waals surface area contributed by atoms with Crippen molar-refractivity contribution in [3.8, 4) is 22.9 Å². The summed E-state index contributed by atoms with van der Waals surface area (Å²) in [5.74, 6) is -0.125. The van der Waals surface area contributed by atoms with Gasteiger partial charge in [-0.15, -0.1) is 0 Å². The van der Waals surface area contributed by atoms with Gasteiger partial charge in [-0.25, -0.2) is 4.79 Å². The second kappa shape index (κ2) is 8.71. The highest BCUT2D eigenvalue weighted by Gasteiger charge is 2.32. The molecule has 1 unspecified atom stereocenters. The van der Waals surface area contributed by atoms with Gasteiger partial charge in [0.25, 0.3) is 0 Å². The molecule has 2 aromatic carbocycles. The fourth-order valence-electron chi connectivity index (χ4n) is 4.34. The number of aromatic carboxylic acids is 1. The van der Waals surface area contributed by atoms with Gasteiger partial charge in [0.1, 0.15) is 11.5 Å². The fraction of sp³-hybridized carbons (Fsp3) is 0.192. The third-order valence-corrected chi connectivity index (χ3v) is 6.30. The van der Waals surface area contributed by atoms with Gasteiger partial charge < -0.3 is 19.7 Å². The number of pyridine rings is 1. The van der Waals surface area contributed by atoms with Crippen LogP contribution in [0.5, 0.6) is 11.5 Å². The van der Waals surface area contributed by atoms with Gasteiger partial charge in [0.15, 0.2) is 0 Å². The minimum absolute atomic E-state index is 0.0120. The molecule has 1 saturated heterocycles. The number of alkyl halides is 3. The summed E-state index contributed by atoms with van der Waals surface area (Å²) in [4.78, 5) is 32.2. The van der Waals surface area contributed by atoms with Gasteiger partial charge in [0, 0.05) is 36.1 Å². The third-order valence-electron chi connectivity index (χ3n) is 6.30. The zero-order chi connectivity index (χ0) is 25.6. The molecule has 10 heteroatoms. The lowest BCUT2D eigenvalue weighted by Crippen LogP contribution is -2.22. The molecule has 2 aromatic heterocycles. The molecule has 1 aliphatic heterocycles. The topological polar surface area (TPSA) is 95.5 Å². The number of halogens is 3. The second-order valence-electron chi connectivity index (χ2n) is 8.58. The number of fused-ring (bicyclic) bond motifs is 1. The minimum atomic E-state index is -4.47. The van der Waals surface area contributed by atoms with Crippen molar-refractivity contribution in [1.29, 1.82) is 0 Å². The van der Waals surface area contributed by atoms with Crippen LogP contribution < -0.4 is 4.74 Å². The molecule has 0 bridgehead atoms. The highest BCUT2D eigenvalue weighted by Crippen LogP contribution is 2.41. The summed E-state index contributed by atoms with van der Waals surface area (Å²) in [5, 5.41) is 9.87. The van der Waals surface area contributed by atoms with Gasteiger partial charge in [-0.2, -0.15) is 13.2 Å². The molecular formula is C26H20F3N3O4. The number of H-pyrrole nitrogens is 1. The lowest BCUT2D eigenvalue weighted by atomic mass is 10.0. The van der Waals surface area contributed by atoms with Crippen molar-refractivity contribution < 1.29 is 32.6 Å². The van der Waals surface area contributed by atoms with Gasteiger partial charge in [0.05, 0.1) is 28.6 Å². The van der Waals surface area contributed by atoms with E-state index < -0.39 is 17.7 Å². The average Bonchev–Trinajstić information content (AvgIpc) is 3.41. The maximum absolute atomic E-state index is 12.9. The van der Waals surface area contributed by atoms with Gasteiger partial charge in [-0.1, -0.05) is 0 Å². The lowest BCUT2D eigenvalue weighted by Gasteiger charge is -2.23. The Kier molecular flexibility index (Phi) is 5.66.